The number of aromatic nitrogens is 2. The second kappa shape index (κ2) is 5.96. The zero-order chi connectivity index (χ0) is 14.3. The number of carbonyl (C=O) groups is 2. The Balaban J connectivity index is 0.00000161. The quantitative estimate of drug-likeness (QED) is 0.746. The number of fused-ring (bicyclic) bond motifs is 1. The summed E-state index contributed by atoms with van der Waals surface area (Å²) < 4.78 is 0. The van der Waals surface area contributed by atoms with Gasteiger partial charge >= 0.3 is 6.03 Å². The summed E-state index contributed by atoms with van der Waals surface area (Å²) in [6.07, 6.45) is 0.282. The minimum absolute atomic E-state index is 0. The second-order valence-electron chi connectivity index (χ2n) is 5.21. The molecule has 21 heavy (non-hydrogen) atoms. The molecule has 0 aliphatic carbocycles. The predicted octanol–water partition coefficient (Wildman–Crippen LogP) is 1.76. The summed E-state index contributed by atoms with van der Waals surface area (Å²) in [5.74, 6) is 0.674. The van der Waals surface area contributed by atoms with Gasteiger partial charge in [0.25, 0.3) is 0 Å². The first-order chi connectivity index (χ1) is 9.56. The Morgan fingerprint density at radius 3 is 2.76 bits per heavy atom. The van der Waals surface area contributed by atoms with Gasteiger partial charge in [-0.25, -0.2) is 4.79 Å². The topological polar surface area (TPSA) is 76.4 Å². The van der Waals surface area contributed by atoms with Crippen LogP contribution < -0.4 is 15.3 Å². The van der Waals surface area contributed by atoms with E-state index in [-0.39, 0.29) is 32.8 Å². The standard InChI is InChI=1S/C14H16N4O2.Re/c1-8(2)9-3-4-10-11(7-9)16-17-13(10)18-6-5-12(19)15-14(18)20;/h3-4,7-8H,5-6H2,1-2H3,(H2,15,16,17,19,20);/p-1. The van der Waals surface area contributed by atoms with Crippen molar-refractivity contribution in [2.24, 2.45) is 0 Å². The Kier molecular flexibility index (Phi) is 4.45. The number of nitrogens with one attached hydrogen (secondary N) is 1. The molecule has 0 unspecified atom stereocenters. The van der Waals surface area contributed by atoms with Gasteiger partial charge in [0.05, 0.1) is 0 Å². The number of hydrogen-bond acceptors (Lipinski definition) is 3. The Bertz CT molecular complexity index is 695. The van der Waals surface area contributed by atoms with E-state index in [1.165, 1.54) is 10.5 Å². The van der Waals surface area contributed by atoms with E-state index in [1.807, 2.05) is 18.2 Å². The molecule has 1 aliphatic rings. The first-order valence-electron chi connectivity index (χ1n) is 6.60. The first-order valence-corrected chi connectivity index (χ1v) is 6.60. The molecule has 1 N–H and O–H groups in total. The summed E-state index contributed by atoms with van der Waals surface area (Å²) >= 11 is 0. The molecule has 1 fully saturated rings. The molecule has 2 aromatic rings. The van der Waals surface area contributed by atoms with Crippen molar-refractivity contribution < 1.29 is 30.0 Å². The van der Waals surface area contributed by atoms with E-state index in [4.69, 9.17) is 0 Å². The number of anilines is 1. The Labute approximate surface area is 135 Å². The van der Waals surface area contributed by atoms with Crippen molar-refractivity contribution in [3.63, 3.8) is 0 Å². The summed E-state index contributed by atoms with van der Waals surface area (Å²) in [4.78, 5) is 24.5. The normalized spacial score (nSPS) is 15.3. The molecular formula is C14H15N4O2Re-. The van der Waals surface area contributed by atoms with Gasteiger partial charge < -0.3 is 10.2 Å². The van der Waals surface area contributed by atoms with Gasteiger partial charge in [-0.15, -0.1) is 5.52 Å². The minimum Gasteiger partial charge on any atom is -0.573 e. The number of carbonyl (C=O) groups excluding carboxylic acids is 2. The molecule has 1 radical (unpaired) electrons. The van der Waals surface area contributed by atoms with Crippen molar-refractivity contribution in [3.8, 4) is 0 Å². The van der Waals surface area contributed by atoms with Crippen LogP contribution in [0.4, 0.5) is 10.6 Å². The number of imide groups is 1. The number of rotatable bonds is 2. The molecule has 3 amide bonds. The first kappa shape index (κ1) is 15.7. The van der Waals surface area contributed by atoms with E-state index < -0.39 is 6.03 Å². The van der Waals surface area contributed by atoms with E-state index in [9.17, 15) is 9.59 Å². The molecule has 3 rings (SSSR count). The summed E-state index contributed by atoms with van der Waals surface area (Å²) in [5.41, 5.74) is 1.96. The fraction of sp³-hybridized carbons (Fsp3) is 0.357. The van der Waals surface area contributed by atoms with Crippen LogP contribution in [0.1, 0.15) is 31.7 Å². The van der Waals surface area contributed by atoms with E-state index >= 15 is 0 Å². The van der Waals surface area contributed by atoms with E-state index in [0.29, 0.717) is 18.3 Å². The molecule has 1 aromatic heterocycles. The molecule has 0 bridgehead atoms. The van der Waals surface area contributed by atoms with Gasteiger partial charge in [0.2, 0.25) is 5.91 Å². The molecular weight excluding hydrogens is 442 g/mol. The maximum atomic E-state index is 11.8. The molecule has 0 atom stereocenters. The van der Waals surface area contributed by atoms with Crippen molar-refractivity contribution in [3.05, 3.63) is 23.8 Å². The van der Waals surface area contributed by atoms with Crippen LogP contribution in [-0.2, 0) is 25.2 Å². The Hall–Kier alpha value is -1.71. The van der Waals surface area contributed by atoms with Crippen LogP contribution in [-0.4, -0.2) is 23.6 Å². The maximum Gasteiger partial charge on any atom is 0.329 e. The van der Waals surface area contributed by atoms with Crippen LogP contribution in [0.5, 0.6) is 0 Å². The van der Waals surface area contributed by atoms with Crippen LogP contribution in [0.25, 0.3) is 10.9 Å². The van der Waals surface area contributed by atoms with Crippen LogP contribution in [0.15, 0.2) is 18.2 Å². The van der Waals surface area contributed by atoms with Crippen LogP contribution in [0, 0.1) is 0 Å². The van der Waals surface area contributed by atoms with Crippen molar-refractivity contribution in [1.29, 1.82) is 0 Å². The second-order valence-corrected chi connectivity index (χ2v) is 5.21. The molecule has 1 aliphatic heterocycles. The predicted molar refractivity (Wildman–Crippen MR) is 74.7 cm³/mol. The van der Waals surface area contributed by atoms with Gasteiger partial charge in [0, 0.05) is 38.8 Å². The number of benzene rings is 1. The van der Waals surface area contributed by atoms with Gasteiger partial charge in [-0.05, 0) is 11.5 Å². The summed E-state index contributed by atoms with van der Waals surface area (Å²) in [7, 11) is 0. The summed E-state index contributed by atoms with van der Waals surface area (Å²) in [6.45, 7) is 4.56. The average Bonchev–Trinajstić information content (AvgIpc) is 2.81. The van der Waals surface area contributed by atoms with Gasteiger partial charge in [-0.2, -0.15) is 0 Å². The van der Waals surface area contributed by atoms with Crippen molar-refractivity contribution >= 4 is 28.7 Å². The molecule has 0 spiro atoms. The minimum atomic E-state index is -0.434. The van der Waals surface area contributed by atoms with Gasteiger partial charge in [0.15, 0.2) is 0 Å². The van der Waals surface area contributed by atoms with E-state index in [0.717, 1.165) is 10.9 Å². The third-order valence-corrected chi connectivity index (χ3v) is 3.49. The number of amides is 3. The molecule has 111 valence electrons. The van der Waals surface area contributed by atoms with Crippen molar-refractivity contribution in [1.82, 2.24) is 15.5 Å². The maximum absolute atomic E-state index is 11.8. The number of nitrogens with zero attached hydrogens (tertiary/aromatic N) is 3. The molecule has 1 aromatic carbocycles. The largest absolute Gasteiger partial charge is 0.573 e. The SMILES string of the molecule is CC(C)c1ccc2c(N3CCC(=O)NC3=O)n[n-]c2c1.[Re]. The van der Waals surface area contributed by atoms with Gasteiger partial charge in [-0.1, -0.05) is 32.0 Å². The average molecular weight is 458 g/mol. The smallest absolute Gasteiger partial charge is 0.329 e. The fourth-order valence-corrected chi connectivity index (χ4v) is 2.30. The molecule has 1 saturated heterocycles. The summed E-state index contributed by atoms with van der Waals surface area (Å²) in [6, 6.07) is 5.51. The van der Waals surface area contributed by atoms with Crippen molar-refractivity contribution in [2.75, 3.05) is 11.4 Å². The zero-order valence-electron chi connectivity index (χ0n) is 11.8. The molecule has 2 heterocycles. The number of urea groups is 1. The third kappa shape index (κ3) is 2.85. The van der Waals surface area contributed by atoms with Gasteiger partial charge in [0.1, 0.15) is 5.82 Å². The van der Waals surface area contributed by atoms with E-state index in [1.54, 1.807) is 0 Å². The Morgan fingerprint density at radius 1 is 1.33 bits per heavy atom. The molecule has 7 heteroatoms. The zero-order valence-corrected chi connectivity index (χ0v) is 14.5. The number of hydrogen-bond donors (Lipinski definition) is 1. The van der Waals surface area contributed by atoms with Crippen LogP contribution >= 0.6 is 0 Å². The van der Waals surface area contributed by atoms with Crippen LogP contribution in [0.2, 0.25) is 0 Å². The summed E-state index contributed by atoms with van der Waals surface area (Å²) in [5, 5.41) is 11.4. The monoisotopic (exact) mass is 458 g/mol. The van der Waals surface area contributed by atoms with Crippen molar-refractivity contribution in [2.45, 2.75) is 26.2 Å². The Morgan fingerprint density at radius 2 is 2.10 bits per heavy atom. The molecule has 0 saturated carbocycles. The fourth-order valence-electron chi connectivity index (χ4n) is 2.30. The molecule has 6 nitrogen and oxygen atoms in total. The van der Waals surface area contributed by atoms with Crippen LogP contribution in [0.3, 0.4) is 0 Å². The van der Waals surface area contributed by atoms with Gasteiger partial charge in [-0.3, -0.25) is 15.0 Å². The van der Waals surface area contributed by atoms with E-state index in [2.05, 4.69) is 29.4 Å². The third-order valence-electron chi connectivity index (χ3n) is 3.49.